The molecule has 108 valence electrons. The number of thiazole rings is 1. The molecule has 2 aromatic rings. The third kappa shape index (κ3) is 4.11. The van der Waals surface area contributed by atoms with Crippen molar-refractivity contribution in [2.75, 3.05) is 5.32 Å². The van der Waals surface area contributed by atoms with Crippen molar-refractivity contribution in [3.63, 3.8) is 0 Å². The number of nitrogens with zero attached hydrogens (tertiary/aromatic N) is 1. The molecule has 3 nitrogen and oxygen atoms in total. The van der Waals surface area contributed by atoms with Crippen LogP contribution < -0.4 is 10.1 Å². The molecule has 0 fully saturated rings. The van der Waals surface area contributed by atoms with E-state index in [-0.39, 0.29) is 17.5 Å². The van der Waals surface area contributed by atoms with Crippen LogP contribution in [-0.2, 0) is 0 Å². The van der Waals surface area contributed by atoms with Crippen LogP contribution in [0.3, 0.4) is 0 Å². The number of halogens is 4. The van der Waals surface area contributed by atoms with Crippen molar-refractivity contribution in [3.05, 3.63) is 39.3 Å². The van der Waals surface area contributed by atoms with Crippen molar-refractivity contribution in [1.82, 2.24) is 4.98 Å². The lowest BCUT2D eigenvalue weighted by Crippen LogP contribution is -2.18. The number of benzene rings is 1. The van der Waals surface area contributed by atoms with Gasteiger partial charge in [0.15, 0.2) is 5.75 Å². The SMILES string of the molecule is CC(Nc1ccc(Br)cc1OC(F)(F)F)c1nccs1. The molecule has 8 heteroatoms. The maximum absolute atomic E-state index is 12.4. The summed E-state index contributed by atoms with van der Waals surface area (Å²) in [4.78, 5) is 4.12. The van der Waals surface area contributed by atoms with Crippen LogP contribution in [0.25, 0.3) is 0 Å². The van der Waals surface area contributed by atoms with Gasteiger partial charge in [-0.15, -0.1) is 24.5 Å². The second kappa shape index (κ2) is 6.01. The second-order valence-corrected chi connectivity index (χ2v) is 5.77. The predicted octanol–water partition coefficient (Wildman–Crippen LogP) is 4.98. The highest BCUT2D eigenvalue weighted by Gasteiger charge is 2.32. The second-order valence-electron chi connectivity index (χ2n) is 3.92. The summed E-state index contributed by atoms with van der Waals surface area (Å²) < 4.78 is 41.7. The highest BCUT2D eigenvalue weighted by atomic mass is 79.9. The summed E-state index contributed by atoms with van der Waals surface area (Å²) in [5, 5.41) is 5.56. The van der Waals surface area contributed by atoms with E-state index < -0.39 is 6.36 Å². The summed E-state index contributed by atoms with van der Waals surface area (Å²) in [6.45, 7) is 1.82. The Labute approximate surface area is 125 Å². The van der Waals surface area contributed by atoms with Crippen molar-refractivity contribution in [2.45, 2.75) is 19.3 Å². The van der Waals surface area contributed by atoms with Crippen LogP contribution in [0.15, 0.2) is 34.2 Å². The first kappa shape index (κ1) is 15.1. The van der Waals surface area contributed by atoms with Crippen LogP contribution in [0.2, 0.25) is 0 Å². The van der Waals surface area contributed by atoms with E-state index in [2.05, 4.69) is 31.0 Å². The number of rotatable bonds is 4. The summed E-state index contributed by atoms with van der Waals surface area (Å²) in [5.41, 5.74) is 0.258. The maximum atomic E-state index is 12.4. The highest BCUT2D eigenvalue weighted by Crippen LogP contribution is 2.35. The van der Waals surface area contributed by atoms with E-state index in [9.17, 15) is 13.2 Å². The number of nitrogens with one attached hydrogen (secondary N) is 1. The normalized spacial score (nSPS) is 13.1. The highest BCUT2D eigenvalue weighted by molar-refractivity contribution is 9.10. The molecule has 1 aromatic carbocycles. The molecule has 0 amide bonds. The van der Waals surface area contributed by atoms with Gasteiger partial charge in [-0.3, -0.25) is 0 Å². The molecule has 20 heavy (non-hydrogen) atoms. The minimum absolute atomic E-state index is 0.216. The van der Waals surface area contributed by atoms with Gasteiger partial charge in [-0.1, -0.05) is 15.9 Å². The number of ether oxygens (including phenoxy) is 1. The van der Waals surface area contributed by atoms with Gasteiger partial charge in [0.25, 0.3) is 0 Å². The fourth-order valence-corrected chi connectivity index (χ4v) is 2.55. The van der Waals surface area contributed by atoms with Crippen LogP contribution in [0.4, 0.5) is 18.9 Å². The molecule has 0 bridgehead atoms. The Kier molecular flexibility index (Phi) is 4.54. The van der Waals surface area contributed by atoms with Crippen LogP contribution >= 0.6 is 27.3 Å². The maximum Gasteiger partial charge on any atom is 0.573 e. The van der Waals surface area contributed by atoms with Crippen molar-refractivity contribution in [2.24, 2.45) is 0 Å². The third-order valence-electron chi connectivity index (χ3n) is 2.36. The smallest absolute Gasteiger partial charge is 0.404 e. The minimum Gasteiger partial charge on any atom is -0.404 e. The first-order valence-corrected chi connectivity index (χ1v) is 7.23. The molecule has 0 aliphatic heterocycles. The molecule has 0 aliphatic carbocycles. The molecule has 1 atom stereocenters. The van der Waals surface area contributed by atoms with Crippen molar-refractivity contribution in [1.29, 1.82) is 0 Å². The largest absolute Gasteiger partial charge is 0.573 e. The van der Waals surface area contributed by atoms with Gasteiger partial charge in [-0.2, -0.15) is 0 Å². The number of hydrogen-bond donors (Lipinski definition) is 1. The minimum atomic E-state index is -4.73. The van der Waals surface area contributed by atoms with E-state index in [4.69, 9.17) is 0 Å². The summed E-state index contributed by atoms with van der Waals surface area (Å²) in [7, 11) is 0. The quantitative estimate of drug-likeness (QED) is 0.828. The monoisotopic (exact) mass is 366 g/mol. The molecule has 0 saturated heterocycles. The van der Waals surface area contributed by atoms with Gasteiger partial charge < -0.3 is 10.1 Å². The van der Waals surface area contributed by atoms with Gasteiger partial charge in [0, 0.05) is 16.0 Å². The summed E-state index contributed by atoms with van der Waals surface area (Å²) in [6, 6.07) is 4.21. The summed E-state index contributed by atoms with van der Waals surface area (Å²) >= 11 is 4.55. The third-order valence-corrected chi connectivity index (χ3v) is 3.81. The summed E-state index contributed by atoms with van der Waals surface area (Å²) in [6.07, 6.45) is -3.09. The zero-order valence-corrected chi connectivity index (χ0v) is 12.6. The van der Waals surface area contributed by atoms with E-state index in [1.807, 2.05) is 12.3 Å². The van der Waals surface area contributed by atoms with Crippen LogP contribution in [0.1, 0.15) is 18.0 Å². The lowest BCUT2D eigenvalue weighted by Gasteiger charge is -2.18. The fraction of sp³-hybridized carbons (Fsp3) is 0.250. The van der Waals surface area contributed by atoms with Gasteiger partial charge >= 0.3 is 6.36 Å². The van der Waals surface area contributed by atoms with Crippen LogP contribution in [0.5, 0.6) is 5.75 Å². The standard InChI is InChI=1S/C12H10BrF3N2OS/c1-7(11-17-4-5-20-11)18-9-3-2-8(13)6-10(9)19-12(14,15)16/h2-7,18H,1H3. The first-order valence-electron chi connectivity index (χ1n) is 5.56. The van der Waals surface area contributed by atoms with E-state index in [1.54, 1.807) is 12.3 Å². The number of alkyl halides is 3. The van der Waals surface area contributed by atoms with E-state index >= 15 is 0 Å². The lowest BCUT2D eigenvalue weighted by atomic mass is 10.2. The average Bonchev–Trinajstić information content (AvgIpc) is 2.84. The lowest BCUT2D eigenvalue weighted by molar-refractivity contribution is -0.274. The van der Waals surface area contributed by atoms with E-state index in [0.717, 1.165) is 5.01 Å². The molecule has 0 saturated carbocycles. The fourth-order valence-electron chi connectivity index (χ4n) is 1.57. The van der Waals surface area contributed by atoms with Crippen molar-refractivity contribution < 1.29 is 17.9 Å². The molecule has 1 heterocycles. The van der Waals surface area contributed by atoms with Crippen LogP contribution in [0, 0.1) is 0 Å². The van der Waals surface area contributed by atoms with Gasteiger partial charge in [0.2, 0.25) is 0 Å². The molecule has 0 aliphatic rings. The Morgan fingerprint density at radius 1 is 1.40 bits per heavy atom. The molecular formula is C12H10BrF3N2OS. The van der Waals surface area contributed by atoms with E-state index in [0.29, 0.717) is 4.47 Å². The van der Waals surface area contributed by atoms with Crippen molar-refractivity contribution in [3.8, 4) is 5.75 Å². The Morgan fingerprint density at radius 3 is 2.75 bits per heavy atom. The number of hydrogen-bond acceptors (Lipinski definition) is 4. The topological polar surface area (TPSA) is 34.1 Å². The Hall–Kier alpha value is -1.28. The average molecular weight is 367 g/mol. The molecule has 1 unspecified atom stereocenters. The van der Waals surface area contributed by atoms with Crippen molar-refractivity contribution >= 4 is 33.0 Å². The van der Waals surface area contributed by atoms with Crippen LogP contribution in [-0.4, -0.2) is 11.3 Å². The number of anilines is 1. The summed E-state index contributed by atoms with van der Waals surface area (Å²) in [5.74, 6) is -0.282. The van der Waals surface area contributed by atoms with Gasteiger partial charge in [-0.05, 0) is 25.1 Å². The van der Waals surface area contributed by atoms with E-state index in [1.165, 1.54) is 23.5 Å². The molecule has 0 spiro atoms. The predicted molar refractivity (Wildman–Crippen MR) is 75.0 cm³/mol. The van der Waals surface area contributed by atoms with Gasteiger partial charge in [-0.25, -0.2) is 4.98 Å². The molecule has 2 rings (SSSR count). The molecule has 1 aromatic heterocycles. The Balaban J connectivity index is 2.22. The molecular weight excluding hydrogens is 357 g/mol. The Morgan fingerprint density at radius 2 is 2.15 bits per heavy atom. The Bertz CT molecular complexity index is 575. The zero-order valence-electron chi connectivity index (χ0n) is 10.2. The first-order chi connectivity index (χ1) is 9.35. The number of aromatic nitrogens is 1. The zero-order chi connectivity index (χ0) is 14.8. The van der Waals surface area contributed by atoms with Gasteiger partial charge in [0.05, 0.1) is 11.7 Å². The molecule has 0 radical (unpaired) electrons. The molecule has 1 N–H and O–H groups in total. The van der Waals surface area contributed by atoms with Gasteiger partial charge in [0.1, 0.15) is 5.01 Å².